The summed E-state index contributed by atoms with van der Waals surface area (Å²) in [4.78, 5) is 41.3. The number of carbonyl (C=O) groups excluding carboxylic acids is 3. The van der Waals surface area contributed by atoms with Crippen LogP contribution < -0.4 is 10.6 Å². The predicted octanol–water partition coefficient (Wildman–Crippen LogP) is 5.36. The first kappa shape index (κ1) is 32.6. The van der Waals surface area contributed by atoms with E-state index in [-0.39, 0.29) is 17.4 Å². The molecule has 0 aromatic heterocycles. The van der Waals surface area contributed by atoms with Crippen LogP contribution in [0.3, 0.4) is 0 Å². The average Bonchev–Trinajstić information content (AvgIpc) is 2.83. The minimum atomic E-state index is -0.971. The van der Waals surface area contributed by atoms with Gasteiger partial charge in [0, 0.05) is 18.8 Å². The Bertz CT molecular complexity index is 826. The lowest BCUT2D eigenvalue weighted by Crippen LogP contribution is -2.54. The number of phenols is 1. The Labute approximate surface area is 228 Å². The van der Waals surface area contributed by atoms with E-state index in [1.54, 1.807) is 32.9 Å². The first-order valence-corrected chi connectivity index (χ1v) is 14.1. The molecule has 0 spiro atoms. The second-order valence-corrected chi connectivity index (χ2v) is 10.7. The Morgan fingerprint density at radius 3 is 2.14 bits per heavy atom. The van der Waals surface area contributed by atoms with Crippen LogP contribution in [0.4, 0.5) is 4.79 Å². The van der Waals surface area contributed by atoms with E-state index in [0.717, 1.165) is 51.4 Å². The van der Waals surface area contributed by atoms with Crippen molar-refractivity contribution in [1.29, 1.82) is 0 Å². The maximum absolute atomic E-state index is 13.8. The van der Waals surface area contributed by atoms with Crippen molar-refractivity contribution in [2.24, 2.45) is 0 Å². The van der Waals surface area contributed by atoms with Gasteiger partial charge >= 0.3 is 6.09 Å². The molecule has 0 fully saturated rings. The molecular weight excluding hydrogens is 490 g/mol. The van der Waals surface area contributed by atoms with Crippen LogP contribution in [0.2, 0.25) is 0 Å². The van der Waals surface area contributed by atoms with E-state index in [9.17, 15) is 19.5 Å². The number of amides is 3. The van der Waals surface area contributed by atoms with Gasteiger partial charge in [0.15, 0.2) is 0 Å². The van der Waals surface area contributed by atoms with Gasteiger partial charge < -0.3 is 25.4 Å². The van der Waals surface area contributed by atoms with E-state index in [1.165, 1.54) is 17.0 Å². The molecule has 0 saturated heterocycles. The van der Waals surface area contributed by atoms with Gasteiger partial charge in [-0.3, -0.25) is 9.59 Å². The zero-order valence-corrected chi connectivity index (χ0v) is 24.1. The molecule has 3 N–H and O–H groups in total. The number of carbonyl (C=O) groups is 3. The van der Waals surface area contributed by atoms with Crippen molar-refractivity contribution in [3.05, 3.63) is 29.8 Å². The fourth-order valence-corrected chi connectivity index (χ4v) is 4.15. The monoisotopic (exact) mass is 537 g/mol. The molecule has 8 nitrogen and oxygen atoms in total. The minimum absolute atomic E-state index is 0.0465. The number of alkyl carbamates (subject to hydrolysis) is 1. The zero-order valence-electron chi connectivity index (χ0n) is 23.2. The highest BCUT2D eigenvalue weighted by Gasteiger charge is 2.35. The van der Waals surface area contributed by atoms with E-state index in [4.69, 9.17) is 4.74 Å². The van der Waals surface area contributed by atoms with E-state index in [1.807, 2.05) is 0 Å². The molecule has 3 amide bonds. The number of rotatable bonds is 16. The number of phenolic OH excluding ortho intramolecular Hbond substituents is 1. The van der Waals surface area contributed by atoms with Gasteiger partial charge in [-0.05, 0) is 51.3 Å². The van der Waals surface area contributed by atoms with Gasteiger partial charge in [0.25, 0.3) is 0 Å². The van der Waals surface area contributed by atoms with Crippen LogP contribution in [-0.2, 0) is 14.3 Å². The highest BCUT2D eigenvalue weighted by Crippen LogP contribution is 2.25. The molecule has 2 unspecified atom stereocenters. The zero-order chi connectivity index (χ0) is 27.8. The SMILES string of the molecule is CCCCCCCN(C(=O)C(CS)NC(=O)OC(C)(C)C)C(C(=O)NCCCCC)c1ccc(O)cc1. The maximum atomic E-state index is 13.8. The Balaban J connectivity index is 3.28. The minimum Gasteiger partial charge on any atom is -0.508 e. The lowest BCUT2D eigenvalue weighted by molar-refractivity contribution is -0.142. The van der Waals surface area contributed by atoms with Gasteiger partial charge in [0.1, 0.15) is 23.4 Å². The van der Waals surface area contributed by atoms with Gasteiger partial charge in [-0.1, -0.05) is 64.5 Å². The summed E-state index contributed by atoms with van der Waals surface area (Å²) in [6.45, 7) is 10.3. The Morgan fingerprint density at radius 1 is 0.973 bits per heavy atom. The van der Waals surface area contributed by atoms with E-state index >= 15 is 0 Å². The second kappa shape index (κ2) is 17.2. The van der Waals surface area contributed by atoms with Crippen molar-refractivity contribution in [3.8, 4) is 5.75 Å². The van der Waals surface area contributed by atoms with Crippen LogP contribution in [0.25, 0.3) is 0 Å². The smallest absolute Gasteiger partial charge is 0.408 e. The van der Waals surface area contributed by atoms with Gasteiger partial charge in [0.05, 0.1) is 0 Å². The molecule has 0 saturated carbocycles. The number of aromatic hydroxyl groups is 1. The number of hydrogen-bond acceptors (Lipinski definition) is 6. The van der Waals surface area contributed by atoms with Gasteiger partial charge in [0.2, 0.25) is 11.8 Å². The molecule has 0 radical (unpaired) electrons. The second-order valence-electron chi connectivity index (χ2n) is 10.3. The number of ether oxygens (including phenoxy) is 1. The standard InChI is InChI=1S/C28H47N3O5S/c1-6-8-10-11-13-19-31(26(34)23(20-37)30-27(35)36-28(3,4)5)24(21-14-16-22(32)17-15-21)25(33)29-18-12-9-7-2/h14-17,23-24,32,37H,6-13,18-20H2,1-5H3,(H,29,33)(H,30,35). The average molecular weight is 538 g/mol. The summed E-state index contributed by atoms with van der Waals surface area (Å²) in [5.74, 6) is -0.578. The Hall–Kier alpha value is -2.42. The summed E-state index contributed by atoms with van der Waals surface area (Å²) >= 11 is 4.32. The topological polar surface area (TPSA) is 108 Å². The largest absolute Gasteiger partial charge is 0.508 e. The molecule has 0 aliphatic carbocycles. The molecule has 37 heavy (non-hydrogen) atoms. The lowest BCUT2D eigenvalue weighted by atomic mass is 10.0. The number of nitrogens with zero attached hydrogens (tertiary/aromatic N) is 1. The van der Waals surface area contributed by atoms with Crippen molar-refractivity contribution < 1.29 is 24.2 Å². The van der Waals surface area contributed by atoms with Crippen LogP contribution in [0, 0.1) is 0 Å². The van der Waals surface area contributed by atoms with E-state index in [0.29, 0.717) is 18.7 Å². The van der Waals surface area contributed by atoms with Crippen LogP contribution >= 0.6 is 12.6 Å². The number of hydrogen-bond donors (Lipinski definition) is 4. The summed E-state index contributed by atoms with van der Waals surface area (Å²) in [6.07, 6.45) is 7.02. The van der Waals surface area contributed by atoms with Crippen LogP contribution in [0.5, 0.6) is 5.75 Å². The number of benzene rings is 1. The highest BCUT2D eigenvalue weighted by molar-refractivity contribution is 7.80. The molecule has 1 rings (SSSR count). The Kier molecular flexibility index (Phi) is 15.1. The number of unbranched alkanes of at least 4 members (excludes halogenated alkanes) is 6. The van der Waals surface area contributed by atoms with E-state index in [2.05, 4.69) is 37.1 Å². The number of nitrogens with one attached hydrogen (secondary N) is 2. The molecule has 0 heterocycles. The molecule has 1 aromatic carbocycles. The third kappa shape index (κ3) is 12.6. The van der Waals surface area contributed by atoms with Crippen molar-refractivity contribution >= 4 is 30.5 Å². The van der Waals surface area contributed by atoms with Gasteiger partial charge in [-0.15, -0.1) is 0 Å². The maximum Gasteiger partial charge on any atom is 0.408 e. The third-order valence-corrected chi connectivity index (χ3v) is 6.17. The van der Waals surface area contributed by atoms with Crippen molar-refractivity contribution in [1.82, 2.24) is 15.5 Å². The quantitative estimate of drug-likeness (QED) is 0.168. The van der Waals surface area contributed by atoms with Gasteiger partial charge in [-0.2, -0.15) is 12.6 Å². The summed E-state index contributed by atoms with van der Waals surface area (Å²) in [5.41, 5.74) is -0.136. The molecule has 9 heteroatoms. The summed E-state index contributed by atoms with van der Waals surface area (Å²) in [5, 5.41) is 15.4. The normalized spacial score (nSPS) is 12.9. The molecule has 2 atom stereocenters. The van der Waals surface area contributed by atoms with Crippen LogP contribution in [0.15, 0.2) is 24.3 Å². The lowest BCUT2D eigenvalue weighted by Gasteiger charge is -2.34. The first-order valence-electron chi connectivity index (χ1n) is 13.5. The molecule has 0 aliphatic heterocycles. The van der Waals surface area contributed by atoms with Gasteiger partial charge in [-0.25, -0.2) is 4.79 Å². The number of thiol groups is 1. The molecular formula is C28H47N3O5S. The predicted molar refractivity (Wildman–Crippen MR) is 151 cm³/mol. The molecule has 0 bridgehead atoms. The van der Waals surface area contributed by atoms with Crippen LogP contribution in [-0.4, -0.2) is 58.4 Å². The fourth-order valence-electron chi connectivity index (χ4n) is 3.90. The van der Waals surface area contributed by atoms with Crippen molar-refractivity contribution in [2.45, 2.75) is 104 Å². The van der Waals surface area contributed by atoms with E-state index < -0.39 is 29.7 Å². The van der Waals surface area contributed by atoms with Crippen molar-refractivity contribution in [2.75, 3.05) is 18.8 Å². The highest BCUT2D eigenvalue weighted by atomic mass is 32.1. The summed E-state index contributed by atoms with van der Waals surface area (Å²) in [7, 11) is 0. The molecule has 0 aliphatic rings. The fraction of sp³-hybridized carbons (Fsp3) is 0.679. The summed E-state index contributed by atoms with van der Waals surface area (Å²) < 4.78 is 5.35. The first-order chi connectivity index (χ1) is 17.5. The van der Waals surface area contributed by atoms with Crippen LogP contribution in [0.1, 0.15) is 97.6 Å². The molecule has 1 aromatic rings. The Morgan fingerprint density at radius 2 is 1.57 bits per heavy atom. The van der Waals surface area contributed by atoms with Crippen molar-refractivity contribution in [3.63, 3.8) is 0 Å². The molecule has 210 valence electrons. The third-order valence-electron chi connectivity index (χ3n) is 5.81. The summed E-state index contributed by atoms with van der Waals surface area (Å²) in [6, 6.07) is 4.43.